The van der Waals surface area contributed by atoms with E-state index >= 15 is 0 Å². The van der Waals surface area contributed by atoms with E-state index < -0.39 is 0 Å². The van der Waals surface area contributed by atoms with E-state index in [0.29, 0.717) is 21.7 Å². The van der Waals surface area contributed by atoms with Gasteiger partial charge in [0.1, 0.15) is 5.75 Å². The molecule has 17 heavy (non-hydrogen) atoms. The number of carbonyl (C=O) groups is 1. The Labute approximate surface area is 108 Å². The van der Waals surface area contributed by atoms with Gasteiger partial charge in [0.2, 0.25) is 5.78 Å². The highest BCUT2D eigenvalue weighted by Gasteiger charge is 2.17. The topological polar surface area (TPSA) is 39.4 Å². The molecular formula is C13H11BrO3. The van der Waals surface area contributed by atoms with Crippen LogP contribution in [0.5, 0.6) is 5.75 Å². The van der Waals surface area contributed by atoms with Crippen molar-refractivity contribution >= 4 is 21.7 Å². The summed E-state index contributed by atoms with van der Waals surface area (Å²) in [4.78, 5) is 12.2. The number of furan rings is 1. The smallest absolute Gasteiger partial charge is 0.231 e. The summed E-state index contributed by atoms with van der Waals surface area (Å²) in [5.41, 5.74) is 1.51. The van der Waals surface area contributed by atoms with Gasteiger partial charge in [-0.25, -0.2) is 0 Å². The van der Waals surface area contributed by atoms with Gasteiger partial charge in [-0.2, -0.15) is 0 Å². The number of rotatable bonds is 3. The number of carbonyl (C=O) groups excluding carboxylic acids is 1. The Hall–Kier alpha value is -1.55. The van der Waals surface area contributed by atoms with Crippen molar-refractivity contribution in [1.29, 1.82) is 0 Å². The van der Waals surface area contributed by atoms with Crippen LogP contribution in [0.3, 0.4) is 0 Å². The first kappa shape index (κ1) is 11.9. The van der Waals surface area contributed by atoms with E-state index in [1.807, 2.05) is 13.0 Å². The average Bonchev–Trinajstić information content (AvgIpc) is 2.75. The SMILES string of the molecule is COc1ccc(C)cc1C(=O)c1ccc(Br)o1. The number of ether oxygens (including phenoxy) is 1. The second-order valence-electron chi connectivity index (χ2n) is 3.64. The van der Waals surface area contributed by atoms with Gasteiger partial charge in [-0.15, -0.1) is 0 Å². The lowest BCUT2D eigenvalue weighted by atomic mass is 10.1. The maximum Gasteiger partial charge on any atom is 0.231 e. The molecule has 0 saturated carbocycles. The van der Waals surface area contributed by atoms with Crippen molar-refractivity contribution in [2.75, 3.05) is 7.11 Å². The fraction of sp³-hybridized carbons (Fsp3) is 0.154. The van der Waals surface area contributed by atoms with E-state index in [9.17, 15) is 4.79 Å². The first-order valence-corrected chi connectivity index (χ1v) is 5.86. The number of methoxy groups -OCH3 is 1. The molecule has 0 aliphatic rings. The van der Waals surface area contributed by atoms with Crippen LogP contribution >= 0.6 is 15.9 Å². The zero-order valence-corrected chi connectivity index (χ0v) is 11.1. The minimum atomic E-state index is -0.184. The molecule has 1 aromatic carbocycles. The number of aryl methyl sites for hydroxylation is 1. The number of ketones is 1. The number of hydrogen-bond donors (Lipinski definition) is 0. The Morgan fingerprint density at radius 1 is 1.29 bits per heavy atom. The minimum absolute atomic E-state index is 0.184. The van der Waals surface area contributed by atoms with Crippen molar-refractivity contribution in [3.05, 3.63) is 51.9 Å². The molecule has 0 amide bonds. The summed E-state index contributed by atoms with van der Waals surface area (Å²) in [5.74, 6) is 0.658. The maximum absolute atomic E-state index is 12.2. The van der Waals surface area contributed by atoms with Crippen LogP contribution in [0, 0.1) is 6.92 Å². The Balaban J connectivity index is 2.46. The Morgan fingerprint density at radius 3 is 2.65 bits per heavy atom. The van der Waals surface area contributed by atoms with Gasteiger partial charge in [0, 0.05) is 0 Å². The molecule has 88 valence electrons. The molecule has 1 heterocycles. The minimum Gasteiger partial charge on any atom is -0.496 e. The van der Waals surface area contributed by atoms with Crippen LogP contribution in [0.25, 0.3) is 0 Å². The lowest BCUT2D eigenvalue weighted by Crippen LogP contribution is -2.03. The molecule has 0 saturated heterocycles. The van der Waals surface area contributed by atoms with Crippen molar-refractivity contribution in [3.8, 4) is 5.75 Å². The first-order valence-electron chi connectivity index (χ1n) is 5.06. The summed E-state index contributed by atoms with van der Waals surface area (Å²) < 4.78 is 11.0. The standard InChI is InChI=1S/C13H11BrO3/c1-8-3-4-10(16-2)9(7-8)13(15)11-5-6-12(14)17-11/h3-7H,1-2H3. The van der Waals surface area contributed by atoms with E-state index in [1.165, 1.54) is 0 Å². The number of hydrogen-bond acceptors (Lipinski definition) is 3. The van der Waals surface area contributed by atoms with Gasteiger partial charge in [-0.05, 0) is 47.1 Å². The third-order valence-electron chi connectivity index (χ3n) is 2.40. The molecule has 0 spiro atoms. The van der Waals surface area contributed by atoms with Crippen LogP contribution in [-0.4, -0.2) is 12.9 Å². The van der Waals surface area contributed by atoms with Gasteiger partial charge in [0.15, 0.2) is 10.4 Å². The lowest BCUT2D eigenvalue weighted by molar-refractivity contribution is 0.100. The van der Waals surface area contributed by atoms with E-state index in [2.05, 4.69) is 15.9 Å². The van der Waals surface area contributed by atoms with Crippen LogP contribution in [-0.2, 0) is 0 Å². The maximum atomic E-state index is 12.2. The fourth-order valence-corrected chi connectivity index (χ4v) is 1.87. The highest BCUT2D eigenvalue weighted by atomic mass is 79.9. The molecule has 0 aliphatic heterocycles. The summed E-state index contributed by atoms with van der Waals surface area (Å²) >= 11 is 3.17. The second kappa shape index (κ2) is 4.75. The molecule has 4 heteroatoms. The molecule has 2 rings (SSSR count). The van der Waals surface area contributed by atoms with Gasteiger partial charge in [0.25, 0.3) is 0 Å². The average molecular weight is 295 g/mol. The summed E-state index contributed by atoms with van der Waals surface area (Å²) in [7, 11) is 1.54. The quantitative estimate of drug-likeness (QED) is 0.812. The van der Waals surface area contributed by atoms with Crippen molar-refractivity contribution in [2.24, 2.45) is 0 Å². The fourth-order valence-electron chi connectivity index (χ4n) is 1.57. The summed E-state index contributed by atoms with van der Waals surface area (Å²) in [5, 5.41) is 0. The van der Waals surface area contributed by atoms with Crippen molar-refractivity contribution in [3.63, 3.8) is 0 Å². The van der Waals surface area contributed by atoms with Gasteiger partial charge in [0.05, 0.1) is 12.7 Å². The van der Waals surface area contributed by atoms with E-state index in [4.69, 9.17) is 9.15 Å². The third kappa shape index (κ3) is 2.42. The van der Waals surface area contributed by atoms with Gasteiger partial charge >= 0.3 is 0 Å². The third-order valence-corrected chi connectivity index (χ3v) is 2.82. The number of halogens is 1. The van der Waals surface area contributed by atoms with E-state index in [1.54, 1.807) is 31.4 Å². The molecule has 1 aromatic heterocycles. The monoisotopic (exact) mass is 294 g/mol. The van der Waals surface area contributed by atoms with Crippen molar-refractivity contribution in [1.82, 2.24) is 0 Å². The van der Waals surface area contributed by atoms with Crippen LogP contribution in [0.2, 0.25) is 0 Å². The Bertz CT molecular complexity index is 558. The zero-order chi connectivity index (χ0) is 12.4. The van der Waals surface area contributed by atoms with E-state index in [-0.39, 0.29) is 5.78 Å². The second-order valence-corrected chi connectivity index (χ2v) is 4.42. The molecule has 0 unspecified atom stereocenters. The van der Waals surface area contributed by atoms with Crippen LogP contribution < -0.4 is 4.74 Å². The molecule has 3 nitrogen and oxygen atoms in total. The molecule has 2 aromatic rings. The van der Waals surface area contributed by atoms with Gasteiger partial charge in [-0.3, -0.25) is 4.79 Å². The van der Waals surface area contributed by atoms with Crippen molar-refractivity contribution in [2.45, 2.75) is 6.92 Å². The normalized spacial score (nSPS) is 10.3. The van der Waals surface area contributed by atoms with E-state index in [0.717, 1.165) is 5.56 Å². The molecule has 0 atom stereocenters. The predicted octanol–water partition coefficient (Wildman–Crippen LogP) is 3.59. The molecule has 0 bridgehead atoms. The Morgan fingerprint density at radius 2 is 2.06 bits per heavy atom. The zero-order valence-electron chi connectivity index (χ0n) is 9.49. The van der Waals surface area contributed by atoms with Crippen LogP contribution in [0.1, 0.15) is 21.7 Å². The van der Waals surface area contributed by atoms with Gasteiger partial charge < -0.3 is 9.15 Å². The van der Waals surface area contributed by atoms with Gasteiger partial charge in [-0.1, -0.05) is 11.6 Å². The summed E-state index contributed by atoms with van der Waals surface area (Å²) in [6.07, 6.45) is 0. The first-order chi connectivity index (χ1) is 8.11. The molecule has 0 aliphatic carbocycles. The highest BCUT2D eigenvalue weighted by Crippen LogP contribution is 2.24. The molecule has 0 radical (unpaired) electrons. The summed E-state index contributed by atoms with van der Waals surface area (Å²) in [6, 6.07) is 8.79. The lowest BCUT2D eigenvalue weighted by Gasteiger charge is -2.07. The number of benzene rings is 1. The Kier molecular flexibility index (Phi) is 3.33. The largest absolute Gasteiger partial charge is 0.496 e. The predicted molar refractivity (Wildman–Crippen MR) is 67.6 cm³/mol. The van der Waals surface area contributed by atoms with Crippen LogP contribution in [0.4, 0.5) is 0 Å². The molecular weight excluding hydrogens is 284 g/mol. The summed E-state index contributed by atoms with van der Waals surface area (Å²) in [6.45, 7) is 1.92. The molecule has 0 fully saturated rings. The highest BCUT2D eigenvalue weighted by molar-refractivity contribution is 9.10. The van der Waals surface area contributed by atoms with Crippen molar-refractivity contribution < 1.29 is 13.9 Å². The molecule has 0 N–H and O–H groups in total. The van der Waals surface area contributed by atoms with Crippen LogP contribution in [0.15, 0.2) is 39.4 Å².